The van der Waals surface area contributed by atoms with Gasteiger partial charge in [0.2, 0.25) is 0 Å². The summed E-state index contributed by atoms with van der Waals surface area (Å²) < 4.78 is 5.63. The molecule has 1 aromatic rings. The number of aliphatic imine (C=N–C) groups is 1. The van der Waals surface area contributed by atoms with E-state index in [1.807, 2.05) is 31.2 Å². The van der Waals surface area contributed by atoms with Crippen molar-refractivity contribution in [3.05, 3.63) is 40.9 Å². The summed E-state index contributed by atoms with van der Waals surface area (Å²) in [4.78, 5) is 4.15. The second kappa shape index (κ2) is 7.13. The van der Waals surface area contributed by atoms with E-state index in [9.17, 15) is 0 Å². The predicted molar refractivity (Wildman–Crippen MR) is 74.5 cm³/mol. The summed E-state index contributed by atoms with van der Waals surface area (Å²) in [6.07, 6.45) is 5.02. The maximum Gasteiger partial charge on any atom is 0.138 e. The molecule has 1 rings (SSSR count). The molecule has 0 aromatic heterocycles. The highest BCUT2D eigenvalue weighted by Gasteiger charge is 2.02. The highest BCUT2D eigenvalue weighted by Crippen LogP contribution is 2.25. The summed E-state index contributed by atoms with van der Waals surface area (Å²) in [6.45, 7) is 4.52. The van der Waals surface area contributed by atoms with Gasteiger partial charge in [0.05, 0.1) is 10.7 Å². The number of benzene rings is 1. The number of nitrogens with zero attached hydrogens (tertiary/aromatic N) is 1. The highest BCUT2D eigenvalue weighted by atomic mass is 35.5. The predicted octanol–water partition coefficient (Wildman–Crippen LogP) is 4.06. The van der Waals surface area contributed by atoms with Gasteiger partial charge in [-0.1, -0.05) is 30.7 Å². The summed E-state index contributed by atoms with van der Waals surface area (Å²) in [5, 5.41) is 0.639. The van der Waals surface area contributed by atoms with Gasteiger partial charge in [-0.15, -0.1) is 0 Å². The van der Waals surface area contributed by atoms with Gasteiger partial charge in [0.15, 0.2) is 0 Å². The minimum Gasteiger partial charge on any atom is -0.486 e. The van der Waals surface area contributed by atoms with Gasteiger partial charge < -0.3 is 4.74 Å². The van der Waals surface area contributed by atoms with Crippen molar-refractivity contribution in [1.82, 2.24) is 0 Å². The van der Waals surface area contributed by atoms with Gasteiger partial charge in [-0.2, -0.15) is 0 Å². The van der Waals surface area contributed by atoms with Crippen LogP contribution in [0.15, 0.2) is 35.3 Å². The number of ether oxygens (including phenoxy) is 1. The number of aryl methyl sites for hydroxylation is 1. The van der Waals surface area contributed by atoms with Crippen molar-refractivity contribution in [2.45, 2.75) is 20.3 Å². The SMILES string of the molecule is CC/C=C\C(COc1ccc(C)cc1Cl)=NC. The first-order chi connectivity index (χ1) is 8.17. The minimum atomic E-state index is 0.440. The lowest BCUT2D eigenvalue weighted by Crippen LogP contribution is -2.09. The number of hydrogen-bond acceptors (Lipinski definition) is 2. The van der Waals surface area contributed by atoms with E-state index in [4.69, 9.17) is 16.3 Å². The van der Waals surface area contributed by atoms with Crippen molar-refractivity contribution in [3.8, 4) is 5.75 Å². The molecular weight excluding hydrogens is 234 g/mol. The maximum absolute atomic E-state index is 6.08. The lowest BCUT2D eigenvalue weighted by molar-refractivity contribution is 0.377. The quantitative estimate of drug-likeness (QED) is 0.723. The fourth-order valence-electron chi connectivity index (χ4n) is 1.32. The van der Waals surface area contributed by atoms with Crippen molar-refractivity contribution in [2.24, 2.45) is 4.99 Å². The van der Waals surface area contributed by atoms with Gasteiger partial charge in [0.25, 0.3) is 0 Å². The number of rotatable bonds is 5. The van der Waals surface area contributed by atoms with Crippen LogP contribution >= 0.6 is 11.6 Å². The van der Waals surface area contributed by atoms with Crippen molar-refractivity contribution >= 4 is 17.3 Å². The fourth-order valence-corrected chi connectivity index (χ4v) is 1.61. The van der Waals surface area contributed by atoms with E-state index in [1.165, 1.54) is 0 Å². The molecule has 0 amide bonds. The molecule has 0 saturated heterocycles. The maximum atomic E-state index is 6.08. The van der Waals surface area contributed by atoms with Gasteiger partial charge >= 0.3 is 0 Å². The van der Waals surface area contributed by atoms with E-state index in [2.05, 4.69) is 18.0 Å². The molecule has 0 heterocycles. The van der Waals surface area contributed by atoms with E-state index in [0.29, 0.717) is 17.4 Å². The Morgan fingerprint density at radius 3 is 2.82 bits per heavy atom. The molecule has 17 heavy (non-hydrogen) atoms. The zero-order valence-corrected chi connectivity index (χ0v) is 11.3. The van der Waals surface area contributed by atoms with Crippen LogP contribution in [-0.4, -0.2) is 19.4 Å². The molecule has 0 spiro atoms. The van der Waals surface area contributed by atoms with E-state index in [0.717, 1.165) is 17.7 Å². The van der Waals surface area contributed by atoms with Crippen LogP contribution in [0.3, 0.4) is 0 Å². The topological polar surface area (TPSA) is 21.6 Å². The Hall–Kier alpha value is -1.28. The third-order valence-electron chi connectivity index (χ3n) is 2.30. The van der Waals surface area contributed by atoms with E-state index >= 15 is 0 Å². The number of halogens is 1. The fraction of sp³-hybridized carbons (Fsp3) is 0.357. The molecule has 2 nitrogen and oxygen atoms in total. The Morgan fingerprint density at radius 1 is 1.47 bits per heavy atom. The Morgan fingerprint density at radius 2 is 2.24 bits per heavy atom. The summed E-state index contributed by atoms with van der Waals surface area (Å²) in [5.74, 6) is 0.698. The molecular formula is C14H18ClNO. The summed E-state index contributed by atoms with van der Waals surface area (Å²) in [5.41, 5.74) is 2.03. The monoisotopic (exact) mass is 251 g/mol. The first kappa shape index (κ1) is 13.8. The molecule has 0 aliphatic heterocycles. The average Bonchev–Trinajstić information content (AvgIpc) is 2.31. The third kappa shape index (κ3) is 4.61. The van der Waals surface area contributed by atoms with Crippen LogP contribution in [0.4, 0.5) is 0 Å². The third-order valence-corrected chi connectivity index (χ3v) is 2.59. The Bertz CT molecular complexity index is 424. The molecule has 0 N–H and O–H groups in total. The number of hydrogen-bond donors (Lipinski definition) is 0. The van der Waals surface area contributed by atoms with Crippen LogP contribution < -0.4 is 4.74 Å². The molecule has 0 aliphatic rings. The van der Waals surface area contributed by atoms with Crippen molar-refractivity contribution < 1.29 is 4.74 Å². The zero-order chi connectivity index (χ0) is 12.7. The van der Waals surface area contributed by atoms with Gasteiger partial charge in [0.1, 0.15) is 12.4 Å². The van der Waals surface area contributed by atoms with Crippen LogP contribution in [0.2, 0.25) is 5.02 Å². The van der Waals surface area contributed by atoms with Crippen molar-refractivity contribution in [2.75, 3.05) is 13.7 Å². The first-order valence-corrected chi connectivity index (χ1v) is 6.06. The van der Waals surface area contributed by atoms with Crippen molar-refractivity contribution in [3.63, 3.8) is 0 Å². The van der Waals surface area contributed by atoms with Crippen LogP contribution in [0.25, 0.3) is 0 Å². The van der Waals surface area contributed by atoms with Gasteiger partial charge in [-0.25, -0.2) is 0 Å². The molecule has 0 unspecified atom stereocenters. The molecule has 0 radical (unpaired) electrons. The van der Waals surface area contributed by atoms with Crippen LogP contribution in [0.1, 0.15) is 18.9 Å². The van der Waals surface area contributed by atoms with Gasteiger partial charge in [0, 0.05) is 7.05 Å². The second-order valence-corrected chi connectivity index (χ2v) is 4.16. The highest BCUT2D eigenvalue weighted by molar-refractivity contribution is 6.32. The van der Waals surface area contributed by atoms with Crippen LogP contribution in [-0.2, 0) is 0 Å². The standard InChI is InChI=1S/C14H18ClNO/c1-4-5-6-12(16-3)10-17-14-8-7-11(2)9-13(14)15/h5-9H,4,10H2,1-3H3/b6-5-,16-12?. The molecule has 1 aromatic carbocycles. The molecule has 0 aliphatic carbocycles. The molecule has 0 saturated carbocycles. The normalized spacial score (nSPS) is 12.1. The Balaban J connectivity index is 2.63. The Labute approximate surface area is 108 Å². The van der Waals surface area contributed by atoms with Crippen molar-refractivity contribution in [1.29, 1.82) is 0 Å². The van der Waals surface area contributed by atoms with Crippen LogP contribution in [0, 0.1) is 6.92 Å². The molecule has 0 atom stereocenters. The van der Waals surface area contributed by atoms with Gasteiger partial charge in [-0.05, 0) is 37.1 Å². The van der Waals surface area contributed by atoms with Crippen LogP contribution in [0.5, 0.6) is 5.75 Å². The first-order valence-electron chi connectivity index (χ1n) is 5.68. The second-order valence-electron chi connectivity index (χ2n) is 3.75. The van der Waals surface area contributed by atoms with Gasteiger partial charge in [-0.3, -0.25) is 4.99 Å². The molecule has 0 fully saturated rings. The lowest BCUT2D eigenvalue weighted by atomic mass is 10.2. The van der Waals surface area contributed by atoms with E-state index in [1.54, 1.807) is 7.05 Å². The van der Waals surface area contributed by atoms with E-state index < -0.39 is 0 Å². The zero-order valence-electron chi connectivity index (χ0n) is 10.5. The smallest absolute Gasteiger partial charge is 0.138 e. The molecule has 92 valence electrons. The summed E-state index contributed by atoms with van der Waals surface area (Å²) >= 11 is 6.08. The Kier molecular flexibility index (Phi) is 5.78. The molecule has 0 bridgehead atoms. The number of allylic oxidation sites excluding steroid dienone is 1. The average molecular weight is 252 g/mol. The summed E-state index contributed by atoms with van der Waals surface area (Å²) in [7, 11) is 1.76. The summed E-state index contributed by atoms with van der Waals surface area (Å²) in [6, 6.07) is 5.75. The largest absolute Gasteiger partial charge is 0.486 e. The lowest BCUT2D eigenvalue weighted by Gasteiger charge is -2.08. The van der Waals surface area contributed by atoms with E-state index in [-0.39, 0.29) is 0 Å². The minimum absolute atomic E-state index is 0.440. The molecule has 3 heteroatoms.